The molecule has 0 aliphatic heterocycles. The molecule has 0 bridgehead atoms. The Morgan fingerprint density at radius 1 is 0.500 bits per heavy atom. The molecule has 0 rings (SSSR count). The van der Waals surface area contributed by atoms with Crippen LogP contribution in [0.4, 0.5) is 0 Å². The minimum atomic E-state index is 0.156. The molecule has 0 aliphatic rings. The van der Waals surface area contributed by atoms with Crippen molar-refractivity contribution in [3.05, 3.63) is 58.2 Å². The van der Waals surface area contributed by atoms with E-state index in [-0.39, 0.29) is 6.61 Å². The highest BCUT2D eigenvalue weighted by Gasteiger charge is 1.94. The van der Waals surface area contributed by atoms with Crippen molar-refractivity contribution in [2.45, 2.75) is 92.9 Å². The topological polar surface area (TPSA) is 20.2 Å². The second kappa shape index (κ2) is 15.9. The molecular formula is C25H42O. The minimum Gasteiger partial charge on any atom is -0.392 e. The normalized spacial score (nSPS) is 14.0. The van der Waals surface area contributed by atoms with Crippen LogP contribution in [-0.4, -0.2) is 11.7 Å². The van der Waals surface area contributed by atoms with E-state index in [0.717, 1.165) is 32.1 Å². The van der Waals surface area contributed by atoms with Crippen molar-refractivity contribution in [2.24, 2.45) is 0 Å². The van der Waals surface area contributed by atoms with E-state index >= 15 is 0 Å². The fourth-order valence-corrected chi connectivity index (χ4v) is 2.79. The summed E-state index contributed by atoms with van der Waals surface area (Å²) in [5.74, 6) is 0. The van der Waals surface area contributed by atoms with Gasteiger partial charge in [-0.25, -0.2) is 0 Å². The number of aliphatic hydroxyl groups is 1. The van der Waals surface area contributed by atoms with Gasteiger partial charge in [0.05, 0.1) is 6.61 Å². The first kappa shape index (κ1) is 24.7. The van der Waals surface area contributed by atoms with Crippen molar-refractivity contribution < 1.29 is 5.11 Å². The lowest BCUT2D eigenvalue weighted by atomic mass is 10.0. The highest BCUT2D eigenvalue weighted by atomic mass is 16.2. The Hall–Kier alpha value is -1.34. The van der Waals surface area contributed by atoms with Crippen LogP contribution >= 0.6 is 0 Å². The van der Waals surface area contributed by atoms with Crippen molar-refractivity contribution in [3.63, 3.8) is 0 Å². The summed E-state index contributed by atoms with van der Waals surface area (Å²) in [4.78, 5) is 0. The third kappa shape index (κ3) is 16.1. The quantitative estimate of drug-likeness (QED) is 0.332. The van der Waals surface area contributed by atoms with Crippen LogP contribution in [0.3, 0.4) is 0 Å². The van der Waals surface area contributed by atoms with Gasteiger partial charge in [-0.3, -0.25) is 0 Å². The fraction of sp³-hybridized carbons (Fsp3) is 0.600. The lowest BCUT2D eigenvalue weighted by Crippen LogP contribution is -1.83. The number of rotatable bonds is 13. The molecule has 0 radical (unpaired) electrons. The minimum absolute atomic E-state index is 0.156. The van der Waals surface area contributed by atoms with Gasteiger partial charge >= 0.3 is 0 Å². The lowest BCUT2D eigenvalue weighted by Gasteiger charge is -2.03. The first-order chi connectivity index (χ1) is 12.3. The van der Waals surface area contributed by atoms with E-state index in [4.69, 9.17) is 5.11 Å². The Balaban J connectivity index is 4.03. The number of hydrogen-bond acceptors (Lipinski definition) is 1. The first-order valence-electron chi connectivity index (χ1n) is 10.2. The summed E-state index contributed by atoms with van der Waals surface area (Å²) in [7, 11) is 0. The van der Waals surface area contributed by atoms with E-state index < -0.39 is 0 Å². The average Bonchev–Trinajstić information content (AvgIpc) is 2.54. The standard InChI is InChI=1S/C25H42O/c1-21(2)11-7-12-22(3)13-8-14-23(4)15-9-16-24(5)17-10-18-25(6)19-20-26/h11,13,15,17,19,26H,7-10,12,14,16,18,20H2,1-6H3/b22-13+,23-15+,24-17+,25-19-. The van der Waals surface area contributed by atoms with Crippen LogP contribution in [-0.2, 0) is 0 Å². The largest absolute Gasteiger partial charge is 0.392 e. The molecule has 0 unspecified atom stereocenters. The molecule has 0 saturated carbocycles. The van der Waals surface area contributed by atoms with Gasteiger partial charge in [-0.2, -0.15) is 0 Å². The van der Waals surface area contributed by atoms with E-state index in [0.29, 0.717) is 0 Å². The molecule has 148 valence electrons. The van der Waals surface area contributed by atoms with Gasteiger partial charge in [0.25, 0.3) is 0 Å². The zero-order valence-electron chi connectivity index (χ0n) is 18.2. The van der Waals surface area contributed by atoms with Gasteiger partial charge in [0.15, 0.2) is 0 Å². The van der Waals surface area contributed by atoms with E-state index in [2.05, 4.69) is 65.8 Å². The molecule has 0 fully saturated rings. The molecule has 0 amide bonds. The summed E-state index contributed by atoms with van der Waals surface area (Å²) in [6, 6.07) is 0. The Kier molecular flexibility index (Phi) is 15.1. The highest BCUT2D eigenvalue weighted by Crippen LogP contribution is 2.14. The molecule has 0 atom stereocenters. The van der Waals surface area contributed by atoms with Crippen LogP contribution < -0.4 is 0 Å². The van der Waals surface area contributed by atoms with E-state index in [1.54, 1.807) is 0 Å². The molecule has 0 aromatic heterocycles. The fourth-order valence-electron chi connectivity index (χ4n) is 2.79. The molecule has 0 saturated heterocycles. The van der Waals surface area contributed by atoms with Crippen LogP contribution in [0.15, 0.2) is 58.2 Å². The summed E-state index contributed by atoms with van der Waals surface area (Å²) in [6.45, 7) is 13.3. The Bertz CT molecular complexity index is 522. The van der Waals surface area contributed by atoms with Gasteiger partial charge in [0, 0.05) is 0 Å². The van der Waals surface area contributed by atoms with Crippen molar-refractivity contribution >= 4 is 0 Å². The van der Waals surface area contributed by atoms with Gasteiger partial charge in [0.2, 0.25) is 0 Å². The van der Waals surface area contributed by atoms with Gasteiger partial charge in [-0.05, 0) is 92.9 Å². The smallest absolute Gasteiger partial charge is 0.0614 e. The molecule has 0 heterocycles. The van der Waals surface area contributed by atoms with E-state index in [1.165, 1.54) is 47.1 Å². The van der Waals surface area contributed by atoms with E-state index in [9.17, 15) is 0 Å². The highest BCUT2D eigenvalue weighted by molar-refractivity contribution is 5.08. The molecule has 1 nitrogen and oxygen atoms in total. The Labute approximate surface area is 163 Å². The SMILES string of the molecule is CC(C)=CCC/C(C)=C/CC/C(C)=C/CC/C(C)=C/CC/C(C)=C\CO. The van der Waals surface area contributed by atoms with Gasteiger partial charge in [-0.1, -0.05) is 58.2 Å². The summed E-state index contributed by atoms with van der Waals surface area (Å²) < 4.78 is 0. The maximum absolute atomic E-state index is 8.86. The molecular weight excluding hydrogens is 316 g/mol. The maximum atomic E-state index is 8.86. The Morgan fingerprint density at radius 3 is 1.12 bits per heavy atom. The summed E-state index contributed by atoms with van der Waals surface area (Å²) in [5, 5.41) is 8.86. The number of allylic oxidation sites excluding steroid dienone is 9. The van der Waals surface area contributed by atoms with Gasteiger partial charge in [0.1, 0.15) is 0 Å². The summed E-state index contributed by atoms with van der Waals surface area (Å²) in [5.41, 5.74) is 7.18. The van der Waals surface area contributed by atoms with Crippen LogP contribution in [0.2, 0.25) is 0 Å². The first-order valence-corrected chi connectivity index (χ1v) is 10.2. The third-order valence-electron chi connectivity index (χ3n) is 4.63. The molecule has 1 N–H and O–H groups in total. The van der Waals surface area contributed by atoms with Crippen LogP contribution in [0, 0.1) is 0 Å². The molecule has 0 aliphatic carbocycles. The molecule has 1 heteroatoms. The predicted molar refractivity (Wildman–Crippen MR) is 118 cm³/mol. The zero-order valence-corrected chi connectivity index (χ0v) is 18.2. The number of hydrogen-bond donors (Lipinski definition) is 1. The zero-order chi connectivity index (χ0) is 19.8. The third-order valence-corrected chi connectivity index (χ3v) is 4.63. The van der Waals surface area contributed by atoms with E-state index in [1.807, 2.05) is 6.08 Å². The molecule has 26 heavy (non-hydrogen) atoms. The predicted octanol–water partition coefficient (Wildman–Crippen LogP) is 7.85. The molecule has 0 aromatic carbocycles. The van der Waals surface area contributed by atoms with Crippen LogP contribution in [0.5, 0.6) is 0 Å². The van der Waals surface area contributed by atoms with Gasteiger partial charge < -0.3 is 5.11 Å². The second-order valence-electron chi connectivity index (χ2n) is 7.82. The average molecular weight is 359 g/mol. The van der Waals surface area contributed by atoms with Crippen molar-refractivity contribution in [1.29, 1.82) is 0 Å². The summed E-state index contributed by atoms with van der Waals surface area (Å²) in [6.07, 6.45) is 20.5. The Morgan fingerprint density at radius 2 is 0.808 bits per heavy atom. The van der Waals surface area contributed by atoms with Crippen molar-refractivity contribution in [2.75, 3.05) is 6.61 Å². The molecule has 0 aromatic rings. The monoisotopic (exact) mass is 358 g/mol. The van der Waals surface area contributed by atoms with Crippen molar-refractivity contribution in [3.8, 4) is 0 Å². The second-order valence-corrected chi connectivity index (χ2v) is 7.82. The number of aliphatic hydroxyl groups excluding tert-OH is 1. The van der Waals surface area contributed by atoms with Crippen LogP contribution in [0.1, 0.15) is 92.9 Å². The summed E-state index contributed by atoms with van der Waals surface area (Å²) >= 11 is 0. The molecule has 0 spiro atoms. The lowest BCUT2D eigenvalue weighted by molar-refractivity contribution is 0.341. The maximum Gasteiger partial charge on any atom is 0.0614 e. The van der Waals surface area contributed by atoms with Gasteiger partial charge in [-0.15, -0.1) is 0 Å². The van der Waals surface area contributed by atoms with Crippen LogP contribution in [0.25, 0.3) is 0 Å². The van der Waals surface area contributed by atoms with Crippen molar-refractivity contribution in [1.82, 2.24) is 0 Å².